The Labute approximate surface area is 111 Å². The molecule has 0 amide bonds. The average molecular weight is 275 g/mol. The van der Waals surface area contributed by atoms with Gasteiger partial charge in [-0.05, 0) is 36.6 Å². The Morgan fingerprint density at radius 3 is 2.94 bits per heavy atom. The predicted octanol–water partition coefficient (Wildman–Crippen LogP) is 3.32. The molecular weight excluding hydrogens is 259 g/mol. The van der Waals surface area contributed by atoms with E-state index in [9.17, 15) is 5.11 Å². The molecule has 2 rings (SSSR count). The first-order valence-corrected chi connectivity index (χ1v) is 6.62. The lowest BCUT2D eigenvalue weighted by Gasteiger charge is -2.27. The van der Waals surface area contributed by atoms with Gasteiger partial charge in [0, 0.05) is 29.0 Å². The summed E-state index contributed by atoms with van der Waals surface area (Å²) >= 11 is 12.0. The van der Waals surface area contributed by atoms with Crippen LogP contribution < -0.4 is 0 Å². The maximum Gasteiger partial charge on any atom is 0.0631 e. The number of aliphatic hydroxyl groups excluding tert-OH is 1. The summed E-state index contributed by atoms with van der Waals surface area (Å²) in [4.78, 5) is 0. The lowest BCUT2D eigenvalue weighted by molar-refractivity contribution is -0.00846. The smallest absolute Gasteiger partial charge is 0.0631 e. The minimum absolute atomic E-state index is 0.207. The third-order valence-electron chi connectivity index (χ3n) is 3.18. The molecule has 1 heterocycles. The molecular formula is C13H16Cl2O2. The molecule has 4 heteroatoms. The number of aliphatic hydroxyl groups is 1. The Morgan fingerprint density at radius 1 is 1.41 bits per heavy atom. The van der Waals surface area contributed by atoms with Crippen molar-refractivity contribution in [1.82, 2.24) is 0 Å². The zero-order valence-electron chi connectivity index (χ0n) is 9.53. The third kappa shape index (κ3) is 3.59. The van der Waals surface area contributed by atoms with Gasteiger partial charge in [0.25, 0.3) is 0 Å². The van der Waals surface area contributed by atoms with E-state index < -0.39 is 6.10 Å². The fraction of sp³-hybridized carbons (Fsp3) is 0.538. The molecule has 0 spiro atoms. The van der Waals surface area contributed by atoms with Crippen LogP contribution in [0.2, 0.25) is 10.0 Å². The van der Waals surface area contributed by atoms with Crippen LogP contribution in [0.5, 0.6) is 0 Å². The van der Waals surface area contributed by atoms with Gasteiger partial charge in [0.15, 0.2) is 0 Å². The number of hydrogen-bond acceptors (Lipinski definition) is 2. The zero-order chi connectivity index (χ0) is 12.3. The van der Waals surface area contributed by atoms with E-state index in [1.54, 1.807) is 12.1 Å². The van der Waals surface area contributed by atoms with Gasteiger partial charge in [0.1, 0.15) is 0 Å². The van der Waals surface area contributed by atoms with Gasteiger partial charge in [0.2, 0.25) is 0 Å². The van der Waals surface area contributed by atoms with E-state index in [-0.39, 0.29) is 5.92 Å². The quantitative estimate of drug-likeness (QED) is 0.916. The van der Waals surface area contributed by atoms with E-state index in [2.05, 4.69) is 0 Å². The Bertz CT molecular complexity index is 376. The highest BCUT2D eigenvalue weighted by atomic mass is 35.5. The summed E-state index contributed by atoms with van der Waals surface area (Å²) in [7, 11) is 0. The first-order chi connectivity index (χ1) is 8.16. The minimum atomic E-state index is -0.411. The maximum atomic E-state index is 10.2. The molecule has 2 atom stereocenters. The van der Waals surface area contributed by atoms with Gasteiger partial charge < -0.3 is 9.84 Å². The molecule has 2 unspecified atom stereocenters. The molecule has 1 aromatic carbocycles. The fourth-order valence-electron chi connectivity index (χ4n) is 2.16. The lowest BCUT2D eigenvalue weighted by Crippen LogP contribution is -2.30. The lowest BCUT2D eigenvalue weighted by atomic mass is 9.91. The average Bonchev–Trinajstić information content (AvgIpc) is 2.35. The Kier molecular flexibility index (Phi) is 4.69. The van der Waals surface area contributed by atoms with E-state index in [1.165, 1.54) is 0 Å². The molecule has 1 saturated heterocycles. The van der Waals surface area contributed by atoms with Gasteiger partial charge in [0.05, 0.1) is 12.7 Å². The number of ether oxygens (including phenoxy) is 1. The highest BCUT2D eigenvalue weighted by Gasteiger charge is 2.23. The molecule has 17 heavy (non-hydrogen) atoms. The summed E-state index contributed by atoms with van der Waals surface area (Å²) in [5.41, 5.74) is 0.900. The summed E-state index contributed by atoms with van der Waals surface area (Å²) < 4.78 is 5.38. The first-order valence-electron chi connectivity index (χ1n) is 5.86. The van der Waals surface area contributed by atoms with Crippen molar-refractivity contribution in [2.75, 3.05) is 13.2 Å². The Hall–Kier alpha value is -0.280. The number of benzene rings is 1. The Morgan fingerprint density at radius 2 is 2.24 bits per heavy atom. The second-order valence-corrected chi connectivity index (χ2v) is 5.33. The van der Waals surface area contributed by atoms with E-state index in [1.807, 2.05) is 6.07 Å². The molecule has 0 radical (unpaired) electrons. The van der Waals surface area contributed by atoms with E-state index >= 15 is 0 Å². The van der Waals surface area contributed by atoms with Crippen LogP contribution in [0.3, 0.4) is 0 Å². The van der Waals surface area contributed by atoms with E-state index in [0.29, 0.717) is 23.1 Å². The summed E-state index contributed by atoms with van der Waals surface area (Å²) in [6, 6.07) is 5.34. The van der Waals surface area contributed by atoms with Crippen molar-refractivity contribution in [3.63, 3.8) is 0 Å². The van der Waals surface area contributed by atoms with Gasteiger partial charge in [-0.15, -0.1) is 0 Å². The first kappa shape index (κ1) is 13.2. The standard InChI is InChI=1S/C13H16Cl2O2/c14-11-3-4-12(15)10(6-11)7-13(16)9-2-1-5-17-8-9/h3-4,6,9,13,16H,1-2,5,7-8H2. The largest absolute Gasteiger partial charge is 0.392 e. The van der Waals surface area contributed by atoms with Crippen LogP contribution in [-0.2, 0) is 11.2 Å². The molecule has 1 N–H and O–H groups in total. The molecule has 1 aliphatic heterocycles. The molecule has 1 fully saturated rings. The predicted molar refractivity (Wildman–Crippen MR) is 69.7 cm³/mol. The van der Waals surface area contributed by atoms with Crippen LogP contribution in [0.4, 0.5) is 0 Å². The van der Waals surface area contributed by atoms with Gasteiger partial charge in [-0.1, -0.05) is 23.2 Å². The van der Waals surface area contributed by atoms with Gasteiger partial charge in [-0.3, -0.25) is 0 Å². The molecule has 0 bridgehead atoms. The normalized spacial score (nSPS) is 22.4. The van der Waals surface area contributed by atoms with Crippen LogP contribution in [0.1, 0.15) is 18.4 Å². The summed E-state index contributed by atoms with van der Waals surface area (Å²) in [5, 5.41) is 11.5. The number of hydrogen-bond donors (Lipinski definition) is 1. The molecule has 1 aliphatic rings. The zero-order valence-corrected chi connectivity index (χ0v) is 11.0. The summed E-state index contributed by atoms with van der Waals surface area (Å²) in [5.74, 6) is 0.207. The third-order valence-corrected chi connectivity index (χ3v) is 3.78. The van der Waals surface area contributed by atoms with Crippen molar-refractivity contribution in [3.05, 3.63) is 33.8 Å². The van der Waals surface area contributed by atoms with Crippen molar-refractivity contribution in [1.29, 1.82) is 0 Å². The van der Waals surface area contributed by atoms with Crippen LogP contribution in [0.25, 0.3) is 0 Å². The van der Waals surface area contributed by atoms with Crippen molar-refractivity contribution in [2.24, 2.45) is 5.92 Å². The summed E-state index contributed by atoms with van der Waals surface area (Å²) in [6.07, 6.45) is 2.16. The molecule has 1 aromatic rings. The molecule has 0 aromatic heterocycles. The second kappa shape index (κ2) is 6.05. The SMILES string of the molecule is OC(Cc1cc(Cl)ccc1Cl)C1CCCOC1. The molecule has 2 nitrogen and oxygen atoms in total. The highest BCUT2D eigenvalue weighted by Crippen LogP contribution is 2.25. The second-order valence-electron chi connectivity index (χ2n) is 4.48. The van der Waals surface area contributed by atoms with Crippen LogP contribution in [0, 0.1) is 5.92 Å². The Balaban J connectivity index is 2.01. The summed E-state index contributed by atoms with van der Waals surface area (Å²) in [6.45, 7) is 1.44. The monoisotopic (exact) mass is 274 g/mol. The van der Waals surface area contributed by atoms with E-state index in [4.69, 9.17) is 27.9 Å². The topological polar surface area (TPSA) is 29.5 Å². The fourth-order valence-corrected chi connectivity index (χ4v) is 2.55. The number of rotatable bonds is 3. The van der Waals surface area contributed by atoms with Gasteiger partial charge in [-0.25, -0.2) is 0 Å². The van der Waals surface area contributed by atoms with Gasteiger partial charge in [-0.2, -0.15) is 0 Å². The van der Waals surface area contributed by atoms with Crippen molar-refractivity contribution in [3.8, 4) is 0 Å². The van der Waals surface area contributed by atoms with Gasteiger partial charge >= 0.3 is 0 Å². The van der Waals surface area contributed by atoms with Crippen molar-refractivity contribution < 1.29 is 9.84 Å². The molecule has 0 aliphatic carbocycles. The van der Waals surface area contributed by atoms with Crippen molar-refractivity contribution in [2.45, 2.75) is 25.4 Å². The van der Waals surface area contributed by atoms with Crippen LogP contribution in [0.15, 0.2) is 18.2 Å². The van der Waals surface area contributed by atoms with Crippen LogP contribution >= 0.6 is 23.2 Å². The minimum Gasteiger partial charge on any atom is -0.392 e. The molecule has 94 valence electrons. The number of halogens is 2. The molecule has 0 saturated carbocycles. The van der Waals surface area contributed by atoms with Crippen LogP contribution in [-0.4, -0.2) is 24.4 Å². The maximum absolute atomic E-state index is 10.2. The van der Waals surface area contributed by atoms with E-state index in [0.717, 1.165) is 25.0 Å². The highest BCUT2D eigenvalue weighted by molar-refractivity contribution is 6.33. The van der Waals surface area contributed by atoms with Crippen molar-refractivity contribution >= 4 is 23.2 Å².